The average Bonchev–Trinajstić information content (AvgIpc) is 2.70. The maximum absolute atomic E-state index is 12.4. The number of methoxy groups -OCH3 is 1. The summed E-state index contributed by atoms with van der Waals surface area (Å²) in [5.74, 6) is 0.322. The Morgan fingerprint density at radius 1 is 1.21 bits per heavy atom. The smallest absolute Gasteiger partial charge is 0.240 e. The summed E-state index contributed by atoms with van der Waals surface area (Å²) in [6.07, 6.45) is 0.575. The summed E-state index contributed by atoms with van der Waals surface area (Å²) >= 11 is 7.24. The summed E-state index contributed by atoms with van der Waals surface area (Å²) in [6, 6.07) is 12.7. The number of carbonyl (C=O) groups is 2. The van der Waals surface area contributed by atoms with Gasteiger partial charge in [0.05, 0.1) is 18.6 Å². The van der Waals surface area contributed by atoms with Gasteiger partial charge in [0.2, 0.25) is 11.8 Å². The Morgan fingerprint density at radius 3 is 2.66 bits per heavy atom. The van der Waals surface area contributed by atoms with E-state index in [4.69, 9.17) is 16.3 Å². The third-order valence-electron chi connectivity index (χ3n) is 4.36. The van der Waals surface area contributed by atoms with E-state index < -0.39 is 5.50 Å². The standard InChI is InChI=1S/C20H23ClN4O3S/c1-12-3-5-13(6-4-12)9-16-19(27)23-20(25-24-16)29-11-18(26)22-15-10-14(21)7-8-17(15)28-2/h3-8,10,16,20,24-25H,9,11H2,1-2H3,(H,22,26)(H,23,27). The largest absolute Gasteiger partial charge is 0.495 e. The number of hydrogen-bond donors (Lipinski definition) is 4. The second-order valence-corrected chi connectivity index (χ2v) is 8.15. The minimum Gasteiger partial charge on any atom is -0.495 e. The number of ether oxygens (including phenoxy) is 1. The van der Waals surface area contributed by atoms with Gasteiger partial charge in [0.25, 0.3) is 0 Å². The molecule has 0 spiro atoms. The fourth-order valence-electron chi connectivity index (χ4n) is 2.82. The molecule has 2 aromatic carbocycles. The molecule has 9 heteroatoms. The molecule has 1 aliphatic rings. The molecule has 0 aromatic heterocycles. The maximum atomic E-state index is 12.4. The Hall–Kier alpha value is -2.26. The van der Waals surface area contributed by atoms with Gasteiger partial charge in [0, 0.05) is 5.02 Å². The van der Waals surface area contributed by atoms with Crippen LogP contribution in [0.4, 0.5) is 5.69 Å². The van der Waals surface area contributed by atoms with E-state index in [1.807, 2.05) is 31.2 Å². The number of hydrogen-bond acceptors (Lipinski definition) is 6. The first-order chi connectivity index (χ1) is 13.9. The molecule has 7 nitrogen and oxygen atoms in total. The van der Waals surface area contributed by atoms with Crippen LogP contribution in [0.3, 0.4) is 0 Å². The van der Waals surface area contributed by atoms with Crippen molar-refractivity contribution in [3.63, 3.8) is 0 Å². The molecule has 0 saturated carbocycles. The van der Waals surface area contributed by atoms with Crippen molar-refractivity contribution in [2.24, 2.45) is 0 Å². The quantitative estimate of drug-likeness (QED) is 0.535. The summed E-state index contributed by atoms with van der Waals surface area (Å²) < 4.78 is 5.22. The van der Waals surface area contributed by atoms with Crippen LogP contribution in [0.25, 0.3) is 0 Å². The highest BCUT2D eigenvalue weighted by atomic mass is 35.5. The zero-order valence-electron chi connectivity index (χ0n) is 16.1. The first-order valence-corrected chi connectivity index (χ1v) is 10.5. The molecule has 2 amide bonds. The molecule has 29 heavy (non-hydrogen) atoms. The van der Waals surface area contributed by atoms with Crippen molar-refractivity contribution < 1.29 is 14.3 Å². The highest BCUT2D eigenvalue weighted by molar-refractivity contribution is 8.00. The van der Waals surface area contributed by atoms with Gasteiger partial charge in [-0.1, -0.05) is 41.4 Å². The molecule has 3 rings (SSSR count). The van der Waals surface area contributed by atoms with E-state index in [1.165, 1.54) is 24.4 Å². The number of thioether (sulfide) groups is 1. The number of aryl methyl sites for hydroxylation is 1. The van der Waals surface area contributed by atoms with Crippen molar-refractivity contribution in [1.29, 1.82) is 0 Å². The molecule has 2 atom stereocenters. The number of anilines is 1. The van der Waals surface area contributed by atoms with Crippen LogP contribution in [0.1, 0.15) is 11.1 Å². The third kappa shape index (κ3) is 6.11. The van der Waals surface area contributed by atoms with Gasteiger partial charge < -0.3 is 15.4 Å². The number of halogens is 1. The van der Waals surface area contributed by atoms with E-state index in [2.05, 4.69) is 21.5 Å². The van der Waals surface area contributed by atoms with Crippen molar-refractivity contribution >= 4 is 40.9 Å². The summed E-state index contributed by atoms with van der Waals surface area (Å²) in [6.45, 7) is 2.03. The lowest BCUT2D eigenvalue weighted by Crippen LogP contribution is -2.64. The van der Waals surface area contributed by atoms with Gasteiger partial charge in [-0.2, -0.15) is 0 Å². The zero-order chi connectivity index (χ0) is 20.8. The Morgan fingerprint density at radius 2 is 1.97 bits per heavy atom. The Bertz CT molecular complexity index is 879. The summed E-state index contributed by atoms with van der Waals surface area (Å²) in [7, 11) is 1.52. The SMILES string of the molecule is COc1ccc(Cl)cc1NC(=O)CSC1NNC(Cc2ccc(C)cc2)C(=O)N1. The second-order valence-electron chi connectivity index (χ2n) is 6.62. The topological polar surface area (TPSA) is 91.5 Å². The molecule has 1 fully saturated rings. The fourth-order valence-corrected chi connectivity index (χ4v) is 3.73. The van der Waals surface area contributed by atoms with Crippen LogP contribution in [-0.4, -0.2) is 36.2 Å². The molecule has 0 bridgehead atoms. The van der Waals surface area contributed by atoms with Crippen LogP contribution >= 0.6 is 23.4 Å². The molecular weight excluding hydrogens is 412 g/mol. The van der Waals surface area contributed by atoms with Crippen LogP contribution in [0.15, 0.2) is 42.5 Å². The minimum absolute atomic E-state index is 0.112. The van der Waals surface area contributed by atoms with E-state index >= 15 is 0 Å². The van der Waals surface area contributed by atoms with Crippen LogP contribution < -0.4 is 26.2 Å². The molecule has 0 aliphatic carbocycles. The number of hydrazine groups is 1. The molecule has 4 N–H and O–H groups in total. The van der Waals surface area contributed by atoms with Gasteiger partial charge in [0.1, 0.15) is 17.3 Å². The number of nitrogens with one attached hydrogen (secondary N) is 4. The van der Waals surface area contributed by atoms with Gasteiger partial charge in [-0.15, -0.1) is 11.8 Å². The third-order valence-corrected chi connectivity index (χ3v) is 5.59. The molecule has 2 unspecified atom stereocenters. The predicted molar refractivity (Wildman–Crippen MR) is 116 cm³/mol. The lowest BCUT2D eigenvalue weighted by molar-refractivity contribution is -0.125. The number of carbonyl (C=O) groups excluding carboxylic acids is 2. The summed E-state index contributed by atoms with van der Waals surface area (Å²) in [5.41, 5.74) is 8.41. The van der Waals surface area contributed by atoms with Crippen LogP contribution in [0.5, 0.6) is 5.75 Å². The number of benzene rings is 2. The van der Waals surface area contributed by atoms with Crippen molar-refractivity contribution in [3.05, 3.63) is 58.6 Å². The van der Waals surface area contributed by atoms with Crippen LogP contribution in [-0.2, 0) is 16.0 Å². The van der Waals surface area contributed by atoms with E-state index in [0.29, 0.717) is 22.9 Å². The van der Waals surface area contributed by atoms with Crippen molar-refractivity contribution in [3.8, 4) is 5.75 Å². The fraction of sp³-hybridized carbons (Fsp3) is 0.300. The molecule has 0 radical (unpaired) electrons. The van der Waals surface area contributed by atoms with Crippen molar-refractivity contribution in [2.45, 2.75) is 24.9 Å². The molecule has 1 aliphatic heterocycles. The van der Waals surface area contributed by atoms with E-state index in [9.17, 15) is 9.59 Å². The zero-order valence-corrected chi connectivity index (χ0v) is 17.7. The maximum Gasteiger partial charge on any atom is 0.240 e. The lowest BCUT2D eigenvalue weighted by Gasteiger charge is -2.31. The molecular formula is C20H23ClN4O3S. The normalized spacial score (nSPS) is 18.8. The van der Waals surface area contributed by atoms with E-state index in [1.54, 1.807) is 18.2 Å². The molecule has 154 valence electrons. The summed E-state index contributed by atoms with van der Waals surface area (Å²) in [4.78, 5) is 24.6. The molecule has 2 aromatic rings. The average molecular weight is 435 g/mol. The predicted octanol–water partition coefficient (Wildman–Crippen LogP) is 2.45. The second kappa shape index (κ2) is 9.98. The monoisotopic (exact) mass is 434 g/mol. The van der Waals surface area contributed by atoms with Gasteiger partial charge in [-0.3, -0.25) is 9.59 Å². The van der Waals surface area contributed by atoms with Crippen LogP contribution in [0, 0.1) is 6.92 Å². The van der Waals surface area contributed by atoms with Gasteiger partial charge in [0.15, 0.2) is 0 Å². The molecule has 1 heterocycles. The molecule has 1 saturated heterocycles. The number of amides is 2. The Labute approximate surface area is 178 Å². The summed E-state index contributed by atoms with van der Waals surface area (Å²) in [5, 5.41) is 6.14. The highest BCUT2D eigenvalue weighted by Gasteiger charge is 2.27. The van der Waals surface area contributed by atoms with Gasteiger partial charge in [-0.05, 0) is 37.1 Å². The first kappa shape index (κ1) is 21.4. The van der Waals surface area contributed by atoms with E-state index in [0.717, 1.165) is 5.56 Å². The van der Waals surface area contributed by atoms with Crippen LogP contribution in [0.2, 0.25) is 5.02 Å². The lowest BCUT2D eigenvalue weighted by atomic mass is 10.0. The number of rotatable bonds is 7. The minimum atomic E-state index is -0.413. The van der Waals surface area contributed by atoms with Crippen molar-refractivity contribution in [2.75, 3.05) is 18.2 Å². The first-order valence-electron chi connectivity index (χ1n) is 9.06. The van der Waals surface area contributed by atoms with Gasteiger partial charge >= 0.3 is 0 Å². The Kier molecular flexibility index (Phi) is 7.38. The Balaban J connectivity index is 1.46. The van der Waals surface area contributed by atoms with Gasteiger partial charge in [-0.25, -0.2) is 10.9 Å². The van der Waals surface area contributed by atoms with Crippen molar-refractivity contribution in [1.82, 2.24) is 16.2 Å². The van der Waals surface area contributed by atoms with E-state index in [-0.39, 0.29) is 23.6 Å². The highest BCUT2D eigenvalue weighted by Crippen LogP contribution is 2.27.